The molecule has 1 aromatic heterocycles. The SMILES string of the molecule is O=C(O)c1noc(COc2cccc(Cl)c2)n1. The lowest BCUT2D eigenvalue weighted by Gasteiger charge is -2.02. The third-order valence-electron chi connectivity index (χ3n) is 1.82. The summed E-state index contributed by atoms with van der Waals surface area (Å²) >= 11 is 5.76. The highest BCUT2D eigenvalue weighted by Gasteiger charge is 2.12. The van der Waals surface area contributed by atoms with E-state index in [-0.39, 0.29) is 12.5 Å². The highest BCUT2D eigenvalue weighted by molar-refractivity contribution is 6.30. The van der Waals surface area contributed by atoms with Crippen LogP contribution in [0.1, 0.15) is 16.5 Å². The number of hydrogen-bond donors (Lipinski definition) is 1. The number of aromatic nitrogens is 2. The minimum absolute atomic E-state index is 0.0133. The van der Waals surface area contributed by atoms with Crippen LogP contribution in [0, 0.1) is 0 Å². The van der Waals surface area contributed by atoms with Crippen molar-refractivity contribution in [2.45, 2.75) is 6.61 Å². The van der Waals surface area contributed by atoms with Gasteiger partial charge in [0.15, 0.2) is 6.61 Å². The largest absolute Gasteiger partial charge is 0.484 e. The second-order valence-corrected chi connectivity index (χ2v) is 3.50. The minimum Gasteiger partial charge on any atom is -0.484 e. The average molecular weight is 255 g/mol. The highest BCUT2D eigenvalue weighted by Crippen LogP contribution is 2.18. The monoisotopic (exact) mass is 254 g/mol. The van der Waals surface area contributed by atoms with Crippen LogP contribution in [0.15, 0.2) is 28.8 Å². The molecule has 7 heteroatoms. The number of halogens is 1. The summed E-state index contributed by atoms with van der Waals surface area (Å²) in [6, 6.07) is 6.77. The van der Waals surface area contributed by atoms with E-state index in [9.17, 15) is 4.79 Å². The Kier molecular flexibility index (Phi) is 3.24. The fourth-order valence-corrected chi connectivity index (χ4v) is 1.28. The zero-order valence-electron chi connectivity index (χ0n) is 8.46. The number of carbonyl (C=O) groups is 1. The quantitative estimate of drug-likeness (QED) is 0.898. The van der Waals surface area contributed by atoms with Crippen LogP contribution in [0.25, 0.3) is 0 Å². The molecule has 17 heavy (non-hydrogen) atoms. The van der Waals surface area contributed by atoms with Gasteiger partial charge in [0.05, 0.1) is 0 Å². The van der Waals surface area contributed by atoms with Gasteiger partial charge < -0.3 is 14.4 Å². The first-order chi connectivity index (χ1) is 8.15. The topological polar surface area (TPSA) is 85.5 Å². The maximum absolute atomic E-state index is 10.5. The third-order valence-corrected chi connectivity index (χ3v) is 2.05. The van der Waals surface area contributed by atoms with Crippen LogP contribution >= 0.6 is 11.6 Å². The first kappa shape index (κ1) is 11.4. The fourth-order valence-electron chi connectivity index (χ4n) is 1.10. The van der Waals surface area contributed by atoms with Crippen LogP contribution in [-0.2, 0) is 6.61 Å². The smallest absolute Gasteiger partial charge is 0.377 e. The lowest BCUT2D eigenvalue weighted by atomic mass is 10.3. The van der Waals surface area contributed by atoms with Crippen molar-refractivity contribution in [1.29, 1.82) is 0 Å². The normalized spacial score (nSPS) is 10.2. The number of aromatic carboxylic acids is 1. The van der Waals surface area contributed by atoms with Crippen molar-refractivity contribution >= 4 is 17.6 Å². The van der Waals surface area contributed by atoms with Crippen molar-refractivity contribution in [3.05, 3.63) is 41.0 Å². The third kappa shape index (κ3) is 2.94. The average Bonchev–Trinajstić information content (AvgIpc) is 2.75. The Bertz CT molecular complexity index is 541. The number of hydrogen-bond acceptors (Lipinski definition) is 5. The van der Waals surface area contributed by atoms with Gasteiger partial charge in [-0.25, -0.2) is 4.79 Å². The van der Waals surface area contributed by atoms with Crippen molar-refractivity contribution in [3.8, 4) is 5.75 Å². The van der Waals surface area contributed by atoms with Gasteiger partial charge in [-0.1, -0.05) is 17.7 Å². The number of carboxylic acids is 1. The summed E-state index contributed by atoms with van der Waals surface area (Å²) in [5, 5.41) is 12.4. The van der Waals surface area contributed by atoms with E-state index in [4.69, 9.17) is 21.4 Å². The Morgan fingerprint density at radius 1 is 1.53 bits per heavy atom. The van der Waals surface area contributed by atoms with Crippen LogP contribution in [-0.4, -0.2) is 21.2 Å². The van der Waals surface area contributed by atoms with Crippen molar-refractivity contribution in [2.24, 2.45) is 0 Å². The van der Waals surface area contributed by atoms with E-state index in [1.807, 2.05) is 0 Å². The second kappa shape index (κ2) is 4.84. The summed E-state index contributed by atoms with van der Waals surface area (Å²) in [5.41, 5.74) is 0. The second-order valence-electron chi connectivity index (χ2n) is 3.06. The summed E-state index contributed by atoms with van der Waals surface area (Å²) < 4.78 is 9.97. The van der Waals surface area contributed by atoms with E-state index < -0.39 is 11.8 Å². The standard InChI is InChI=1S/C10H7ClN2O4/c11-6-2-1-3-7(4-6)16-5-8-12-9(10(14)15)13-17-8/h1-4H,5H2,(H,14,15). The van der Waals surface area contributed by atoms with Crippen LogP contribution in [0.3, 0.4) is 0 Å². The molecule has 6 nitrogen and oxygen atoms in total. The fraction of sp³-hybridized carbons (Fsp3) is 0.100. The summed E-state index contributed by atoms with van der Waals surface area (Å²) in [6.07, 6.45) is 0. The molecular weight excluding hydrogens is 248 g/mol. The van der Waals surface area contributed by atoms with Crippen molar-refractivity contribution in [3.63, 3.8) is 0 Å². The molecule has 0 amide bonds. The maximum Gasteiger partial charge on any atom is 0.377 e. The van der Waals surface area contributed by atoms with Gasteiger partial charge in [0.25, 0.3) is 11.7 Å². The lowest BCUT2D eigenvalue weighted by molar-refractivity contribution is 0.0680. The zero-order chi connectivity index (χ0) is 12.3. The van der Waals surface area contributed by atoms with Gasteiger partial charge in [0.1, 0.15) is 5.75 Å². The molecule has 0 saturated heterocycles. The molecule has 2 aromatic rings. The van der Waals surface area contributed by atoms with Crippen LogP contribution in [0.5, 0.6) is 5.75 Å². The molecule has 0 aliphatic carbocycles. The molecule has 1 aromatic carbocycles. The minimum atomic E-state index is -1.25. The van der Waals surface area contributed by atoms with E-state index >= 15 is 0 Å². The maximum atomic E-state index is 10.5. The number of carboxylic acid groups (broad SMARTS) is 1. The first-order valence-corrected chi connectivity index (χ1v) is 4.97. The highest BCUT2D eigenvalue weighted by atomic mass is 35.5. The Balaban J connectivity index is 2.00. The molecule has 0 saturated carbocycles. The van der Waals surface area contributed by atoms with Crippen LogP contribution in [0.2, 0.25) is 5.02 Å². The molecule has 1 N–H and O–H groups in total. The Morgan fingerprint density at radius 3 is 3.00 bits per heavy atom. The van der Waals surface area contributed by atoms with Gasteiger partial charge in [-0.15, -0.1) is 0 Å². The van der Waals surface area contributed by atoms with Gasteiger partial charge in [0, 0.05) is 5.02 Å². The number of nitrogens with zero attached hydrogens (tertiary/aromatic N) is 2. The van der Waals surface area contributed by atoms with Gasteiger partial charge in [-0.3, -0.25) is 0 Å². The molecule has 0 aliphatic heterocycles. The summed E-state index contributed by atoms with van der Waals surface area (Å²) in [7, 11) is 0. The van der Waals surface area contributed by atoms with Crippen molar-refractivity contribution in [2.75, 3.05) is 0 Å². The van der Waals surface area contributed by atoms with Crippen LogP contribution in [0.4, 0.5) is 0 Å². The first-order valence-electron chi connectivity index (χ1n) is 4.59. The molecule has 2 rings (SSSR count). The van der Waals surface area contributed by atoms with Gasteiger partial charge in [0.2, 0.25) is 0 Å². The number of ether oxygens (including phenoxy) is 1. The van der Waals surface area contributed by atoms with E-state index in [1.54, 1.807) is 24.3 Å². The van der Waals surface area contributed by atoms with E-state index in [2.05, 4.69) is 14.7 Å². The predicted molar refractivity (Wildman–Crippen MR) is 57.0 cm³/mol. The summed E-state index contributed by atoms with van der Waals surface area (Å²) in [6.45, 7) is -0.0133. The number of benzene rings is 1. The van der Waals surface area contributed by atoms with Crippen molar-refractivity contribution in [1.82, 2.24) is 10.1 Å². The Labute approximate surface area is 101 Å². The van der Waals surface area contributed by atoms with Crippen molar-refractivity contribution < 1.29 is 19.2 Å². The molecule has 0 aliphatic rings. The van der Waals surface area contributed by atoms with E-state index in [0.29, 0.717) is 10.8 Å². The van der Waals surface area contributed by atoms with E-state index in [0.717, 1.165) is 0 Å². The van der Waals surface area contributed by atoms with Gasteiger partial charge in [-0.05, 0) is 23.4 Å². The molecule has 0 bridgehead atoms. The number of rotatable bonds is 4. The molecule has 0 radical (unpaired) electrons. The molecule has 0 unspecified atom stereocenters. The zero-order valence-corrected chi connectivity index (χ0v) is 9.22. The van der Waals surface area contributed by atoms with E-state index in [1.165, 1.54) is 0 Å². The molecule has 1 heterocycles. The Hall–Kier alpha value is -2.08. The molecule has 0 fully saturated rings. The van der Waals surface area contributed by atoms with Crippen LogP contribution < -0.4 is 4.74 Å². The predicted octanol–water partition coefficient (Wildman–Crippen LogP) is 2.00. The molecule has 0 spiro atoms. The molecular formula is C10H7ClN2O4. The molecule has 0 atom stereocenters. The summed E-state index contributed by atoms with van der Waals surface area (Å²) in [4.78, 5) is 14.1. The molecule has 88 valence electrons. The lowest BCUT2D eigenvalue weighted by Crippen LogP contribution is -2.00. The Morgan fingerprint density at radius 2 is 2.35 bits per heavy atom. The van der Waals surface area contributed by atoms with Gasteiger partial charge >= 0.3 is 5.97 Å². The van der Waals surface area contributed by atoms with Gasteiger partial charge in [-0.2, -0.15) is 4.98 Å². The summed E-state index contributed by atoms with van der Waals surface area (Å²) in [5.74, 6) is -1.02.